The summed E-state index contributed by atoms with van der Waals surface area (Å²) in [7, 11) is 0. The fourth-order valence-electron chi connectivity index (χ4n) is 5.17. The quantitative estimate of drug-likeness (QED) is 0.337. The predicted molar refractivity (Wildman–Crippen MR) is 147 cm³/mol. The number of aromatic nitrogens is 2. The second kappa shape index (κ2) is 10.2. The highest BCUT2D eigenvalue weighted by molar-refractivity contribution is 7.17. The van der Waals surface area contributed by atoms with Gasteiger partial charge in [-0.15, -0.1) is 11.3 Å². The van der Waals surface area contributed by atoms with Crippen LogP contribution in [0.5, 0.6) is 0 Å². The molecule has 0 spiro atoms. The molecule has 6 heteroatoms. The lowest BCUT2D eigenvalue weighted by atomic mass is 9.96. The molecule has 5 aromatic rings. The first-order chi connectivity index (χ1) is 17.8. The van der Waals surface area contributed by atoms with Crippen LogP contribution in [0.4, 0.5) is 0 Å². The fraction of sp³-hybridized carbons (Fsp3) is 0.200. The van der Waals surface area contributed by atoms with E-state index in [0.717, 1.165) is 48.0 Å². The Morgan fingerprint density at radius 2 is 1.39 bits per heavy atom. The summed E-state index contributed by atoms with van der Waals surface area (Å²) in [6.45, 7) is 4.42. The lowest BCUT2D eigenvalue weighted by molar-refractivity contribution is 0.103. The summed E-state index contributed by atoms with van der Waals surface area (Å²) >= 11 is 1.54. The Hall–Kier alpha value is -3.58. The van der Waals surface area contributed by atoms with Crippen molar-refractivity contribution in [3.8, 4) is 11.1 Å². The highest BCUT2D eigenvalue weighted by Crippen LogP contribution is 2.31. The maximum Gasteiger partial charge on any atom is 0.260 e. The first kappa shape index (κ1) is 22.9. The second-order valence-corrected chi connectivity index (χ2v) is 10.1. The zero-order chi connectivity index (χ0) is 24.3. The molecule has 1 fully saturated rings. The summed E-state index contributed by atoms with van der Waals surface area (Å²) in [6, 6.07) is 31.8. The van der Waals surface area contributed by atoms with Crippen LogP contribution >= 0.6 is 11.3 Å². The van der Waals surface area contributed by atoms with Crippen LogP contribution in [0.2, 0.25) is 0 Å². The largest absolute Gasteiger partial charge is 0.309 e. The van der Waals surface area contributed by atoms with E-state index in [4.69, 9.17) is 4.98 Å². The molecule has 3 aromatic carbocycles. The lowest BCUT2D eigenvalue weighted by Crippen LogP contribution is -2.47. The van der Waals surface area contributed by atoms with Gasteiger partial charge in [0.2, 0.25) is 0 Å². The minimum absolute atomic E-state index is 0.0537. The van der Waals surface area contributed by atoms with Gasteiger partial charge in [0.15, 0.2) is 0 Å². The van der Waals surface area contributed by atoms with E-state index in [9.17, 15) is 4.79 Å². The highest BCUT2D eigenvalue weighted by Gasteiger charge is 2.26. The van der Waals surface area contributed by atoms with Crippen LogP contribution in [-0.4, -0.2) is 45.9 Å². The Morgan fingerprint density at radius 1 is 0.806 bits per heavy atom. The van der Waals surface area contributed by atoms with Crippen molar-refractivity contribution in [2.75, 3.05) is 26.2 Å². The summed E-state index contributed by atoms with van der Waals surface area (Å²) in [6.07, 6.45) is 0. The van der Waals surface area contributed by atoms with Crippen molar-refractivity contribution in [3.05, 3.63) is 124 Å². The molecule has 1 aliphatic rings. The van der Waals surface area contributed by atoms with Gasteiger partial charge in [-0.3, -0.25) is 14.6 Å². The van der Waals surface area contributed by atoms with E-state index in [1.807, 2.05) is 35.7 Å². The number of benzene rings is 3. The topological polar surface area (TPSA) is 52.2 Å². The Morgan fingerprint density at radius 3 is 2.00 bits per heavy atom. The average molecular weight is 493 g/mol. The molecule has 0 radical (unpaired) electrons. The van der Waals surface area contributed by atoms with Gasteiger partial charge in [0.1, 0.15) is 10.7 Å². The first-order valence-corrected chi connectivity index (χ1v) is 13.3. The van der Waals surface area contributed by atoms with Crippen LogP contribution in [-0.2, 0) is 6.54 Å². The smallest absolute Gasteiger partial charge is 0.260 e. The maximum atomic E-state index is 13.0. The Bertz CT molecular complexity index is 1450. The summed E-state index contributed by atoms with van der Waals surface area (Å²) in [4.78, 5) is 26.7. The number of hydrogen-bond donors (Lipinski definition) is 1. The Labute approximate surface area is 214 Å². The van der Waals surface area contributed by atoms with Crippen molar-refractivity contribution >= 4 is 21.6 Å². The molecule has 6 rings (SSSR count). The monoisotopic (exact) mass is 492 g/mol. The molecule has 0 atom stereocenters. The molecule has 0 saturated carbocycles. The van der Waals surface area contributed by atoms with E-state index in [-0.39, 0.29) is 11.6 Å². The molecule has 0 aliphatic carbocycles. The van der Waals surface area contributed by atoms with Gasteiger partial charge in [0.25, 0.3) is 5.56 Å². The standard InChI is InChI=1S/C30H28N4OS/c35-29-27-25(22-10-4-1-5-11-22)21-36-30(27)32-26(31-29)20-33-16-18-34(19-17-33)28(23-12-6-2-7-13-23)24-14-8-3-9-15-24/h1-15,21,28H,16-20H2,(H,31,32,35). The lowest BCUT2D eigenvalue weighted by Gasteiger charge is -2.39. The Kier molecular flexibility index (Phi) is 6.47. The van der Waals surface area contributed by atoms with Crippen molar-refractivity contribution < 1.29 is 0 Å². The summed E-state index contributed by atoms with van der Waals surface area (Å²) < 4.78 is 0. The van der Waals surface area contributed by atoms with Gasteiger partial charge in [-0.2, -0.15) is 0 Å². The molecule has 1 aliphatic heterocycles. The van der Waals surface area contributed by atoms with E-state index >= 15 is 0 Å². The zero-order valence-electron chi connectivity index (χ0n) is 20.0. The summed E-state index contributed by atoms with van der Waals surface area (Å²) in [5.41, 5.74) is 4.59. The molecule has 180 valence electrons. The van der Waals surface area contributed by atoms with Crippen LogP contribution in [0.3, 0.4) is 0 Å². The van der Waals surface area contributed by atoms with Crippen LogP contribution in [0.1, 0.15) is 23.0 Å². The highest BCUT2D eigenvalue weighted by atomic mass is 32.1. The molecule has 1 saturated heterocycles. The molecular weight excluding hydrogens is 464 g/mol. The van der Waals surface area contributed by atoms with Crippen molar-refractivity contribution in [1.82, 2.24) is 19.8 Å². The normalized spacial score (nSPS) is 15.0. The van der Waals surface area contributed by atoms with Crippen LogP contribution in [0, 0.1) is 0 Å². The van der Waals surface area contributed by atoms with Gasteiger partial charge in [-0.25, -0.2) is 4.98 Å². The molecule has 0 amide bonds. The van der Waals surface area contributed by atoms with E-state index in [1.165, 1.54) is 11.1 Å². The zero-order valence-corrected chi connectivity index (χ0v) is 20.8. The molecule has 1 N–H and O–H groups in total. The van der Waals surface area contributed by atoms with Crippen molar-refractivity contribution in [2.24, 2.45) is 0 Å². The predicted octanol–water partition coefficient (Wildman–Crippen LogP) is 5.56. The molecule has 0 bridgehead atoms. The number of thiophene rings is 1. The second-order valence-electron chi connectivity index (χ2n) is 9.24. The number of H-pyrrole nitrogens is 1. The average Bonchev–Trinajstić information content (AvgIpc) is 3.36. The van der Waals surface area contributed by atoms with Gasteiger partial charge >= 0.3 is 0 Å². The van der Waals surface area contributed by atoms with Gasteiger partial charge in [-0.1, -0.05) is 91.0 Å². The fourth-order valence-corrected chi connectivity index (χ4v) is 6.14. The number of nitrogens with zero attached hydrogens (tertiary/aromatic N) is 3. The van der Waals surface area contributed by atoms with Crippen LogP contribution in [0.15, 0.2) is 101 Å². The third-order valence-electron chi connectivity index (χ3n) is 6.95. The number of piperazine rings is 1. The number of nitrogens with one attached hydrogen (secondary N) is 1. The van der Waals surface area contributed by atoms with Crippen LogP contribution in [0.25, 0.3) is 21.3 Å². The molecule has 36 heavy (non-hydrogen) atoms. The molecule has 0 unspecified atom stereocenters. The van der Waals surface area contributed by atoms with Crippen LogP contribution < -0.4 is 5.56 Å². The number of hydrogen-bond acceptors (Lipinski definition) is 5. The van der Waals surface area contributed by atoms with Gasteiger partial charge in [0.05, 0.1) is 18.0 Å². The third kappa shape index (κ3) is 4.63. The molecule has 5 nitrogen and oxygen atoms in total. The van der Waals surface area contributed by atoms with Gasteiger partial charge < -0.3 is 4.98 Å². The Balaban J connectivity index is 1.18. The van der Waals surface area contributed by atoms with E-state index in [0.29, 0.717) is 11.9 Å². The van der Waals surface area contributed by atoms with Gasteiger partial charge in [0, 0.05) is 37.1 Å². The first-order valence-electron chi connectivity index (χ1n) is 12.4. The van der Waals surface area contributed by atoms with E-state index in [1.54, 1.807) is 11.3 Å². The van der Waals surface area contributed by atoms with E-state index < -0.39 is 0 Å². The number of aromatic amines is 1. The number of fused-ring (bicyclic) bond motifs is 1. The van der Waals surface area contributed by atoms with Crippen molar-refractivity contribution in [1.29, 1.82) is 0 Å². The molecule has 2 aromatic heterocycles. The van der Waals surface area contributed by atoms with Crippen molar-refractivity contribution in [2.45, 2.75) is 12.6 Å². The molecular formula is C30H28N4OS. The maximum absolute atomic E-state index is 13.0. The van der Waals surface area contributed by atoms with Crippen molar-refractivity contribution in [3.63, 3.8) is 0 Å². The SMILES string of the molecule is O=c1[nH]c(CN2CCN(C(c3ccccc3)c3ccccc3)CC2)nc2scc(-c3ccccc3)c12. The minimum Gasteiger partial charge on any atom is -0.309 e. The third-order valence-corrected chi connectivity index (χ3v) is 7.83. The minimum atomic E-state index is -0.0537. The number of rotatable bonds is 6. The molecule has 3 heterocycles. The van der Waals surface area contributed by atoms with E-state index in [2.05, 4.69) is 75.4 Å². The van der Waals surface area contributed by atoms with Gasteiger partial charge in [-0.05, 0) is 16.7 Å². The summed E-state index contributed by atoms with van der Waals surface area (Å²) in [5.74, 6) is 0.741. The summed E-state index contributed by atoms with van der Waals surface area (Å²) in [5, 5.41) is 2.73.